The van der Waals surface area contributed by atoms with Gasteiger partial charge in [-0.1, -0.05) is 6.07 Å². The number of aromatic amines is 1. The van der Waals surface area contributed by atoms with Crippen molar-refractivity contribution in [2.45, 2.75) is 24.5 Å². The number of nitrogens with one attached hydrogen (secondary N) is 1. The van der Waals surface area contributed by atoms with Crippen molar-refractivity contribution < 1.29 is 14.3 Å². The molecule has 4 rings (SSSR count). The van der Waals surface area contributed by atoms with Crippen molar-refractivity contribution in [3.63, 3.8) is 0 Å². The molecular formula is C16H18N4O3. The van der Waals surface area contributed by atoms with Crippen LogP contribution in [0, 0.1) is 0 Å². The van der Waals surface area contributed by atoms with Gasteiger partial charge >= 0.3 is 0 Å². The lowest BCUT2D eigenvalue weighted by molar-refractivity contribution is -0.174. The third-order valence-electron chi connectivity index (χ3n) is 4.35. The minimum atomic E-state index is -0.284. The number of H-pyrrole nitrogens is 1. The molecule has 0 aromatic carbocycles. The molecule has 2 aromatic heterocycles. The van der Waals surface area contributed by atoms with Crippen molar-refractivity contribution in [1.29, 1.82) is 0 Å². The highest BCUT2D eigenvalue weighted by Gasteiger charge is 2.50. The third kappa shape index (κ3) is 2.79. The van der Waals surface area contributed by atoms with Crippen LogP contribution in [0.15, 0.2) is 36.7 Å². The van der Waals surface area contributed by atoms with Gasteiger partial charge in [0.05, 0.1) is 19.7 Å². The minimum Gasteiger partial charge on any atom is -0.474 e. The summed E-state index contributed by atoms with van der Waals surface area (Å²) in [5, 5.41) is 6.52. The lowest BCUT2D eigenvalue weighted by atomic mass is 9.84. The van der Waals surface area contributed by atoms with Gasteiger partial charge in [0.15, 0.2) is 0 Å². The molecule has 120 valence electrons. The summed E-state index contributed by atoms with van der Waals surface area (Å²) in [6.45, 7) is 1.82. The van der Waals surface area contributed by atoms with E-state index < -0.39 is 0 Å². The Labute approximate surface area is 133 Å². The lowest BCUT2D eigenvalue weighted by Crippen LogP contribution is -2.67. The van der Waals surface area contributed by atoms with Gasteiger partial charge in [-0.15, -0.1) is 0 Å². The van der Waals surface area contributed by atoms with Crippen molar-refractivity contribution in [3.8, 4) is 5.88 Å². The number of aromatic nitrogens is 3. The molecule has 0 bridgehead atoms. The molecular weight excluding hydrogens is 296 g/mol. The predicted octanol–water partition coefficient (Wildman–Crippen LogP) is 1.26. The first-order valence-corrected chi connectivity index (χ1v) is 7.74. The zero-order valence-electron chi connectivity index (χ0n) is 12.6. The number of amides is 1. The highest BCUT2D eigenvalue weighted by Crippen LogP contribution is 2.36. The van der Waals surface area contributed by atoms with E-state index in [4.69, 9.17) is 9.47 Å². The van der Waals surface area contributed by atoms with Gasteiger partial charge in [-0.05, 0) is 12.1 Å². The van der Waals surface area contributed by atoms with E-state index in [-0.39, 0.29) is 17.6 Å². The number of nitrogens with zero attached hydrogens (tertiary/aromatic N) is 3. The van der Waals surface area contributed by atoms with E-state index in [0.717, 1.165) is 12.8 Å². The standard InChI is InChI=1S/C16H18N4O3/c21-15(13-4-7-18-19-13)20-10-16(11-20)9-12(5-8-22-16)23-14-3-1-2-6-17-14/h1-4,6-7,12H,5,8-11H2,(H,18,19). The van der Waals surface area contributed by atoms with Crippen LogP contribution in [0.2, 0.25) is 0 Å². The Morgan fingerprint density at radius 3 is 3.00 bits per heavy atom. The van der Waals surface area contributed by atoms with Crippen molar-refractivity contribution >= 4 is 5.91 Å². The summed E-state index contributed by atoms with van der Waals surface area (Å²) < 4.78 is 11.9. The van der Waals surface area contributed by atoms with Gasteiger partial charge in [0, 0.05) is 31.3 Å². The monoisotopic (exact) mass is 314 g/mol. The van der Waals surface area contributed by atoms with Crippen molar-refractivity contribution in [3.05, 3.63) is 42.4 Å². The molecule has 2 aromatic rings. The van der Waals surface area contributed by atoms with Crippen LogP contribution < -0.4 is 4.74 Å². The number of carbonyl (C=O) groups is 1. The summed E-state index contributed by atoms with van der Waals surface area (Å²) in [4.78, 5) is 18.2. The van der Waals surface area contributed by atoms with Gasteiger partial charge in [0.1, 0.15) is 17.4 Å². The number of ether oxygens (including phenoxy) is 2. The van der Waals surface area contributed by atoms with Gasteiger partial charge < -0.3 is 14.4 Å². The maximum atomic E-state index is 12.2. The summed E-state index contributed by atoms with van der Waals surface area (Å²) in [6, 6.07) is 7.31. The van der Waals surface area contributed by atoms with E-state index in [1.54, 1.807) is 23.4 Å². The van der Waals surface area contributed by atoms with Gasteiger partial charge in [-0.3, -0.25) is 9.89 Å². The highest BCUT2D eigenvalue weighted by atomic mass is 16.5. The zero-order valence-corrected chi connectivity index (χ0v) is 12.6. The first kappa shape index (κ1) is 14.2. The van der Waals surface area contributed by atoms with Crippen molar-refractivity contribution in [1.82, 2.24) is 20.1 Å². The summed E-state index contributed by atoms with van der Waals surface area (Å²) >= 11 is 0. The molecule has 4 heterocycles. The fourth-order valence-corrected chi connectivity index (χ4v) is 3.23. The van der Waals surface area contributed by atoms with Crippen LogP contribution in [0.1, 0.15) is 23.3 Å². The van der Waals surface area contributed by atoms with Crippen LogP contribution in [0.25, 0.3) is 0 Å². The van der Waals surface area contributed by atoms with Crippen molar-refractivity contribution in [2.75, 3.05) is 19.7 Å². The van der Waals surface area contributed by atoms with E-state index >= 15 is 0 Å². The topological polar surface area (TPSA) is 80.3 Å². The molecule has 2 fully saturated rings. The Bertz CT molecular complexity index is 668. The first-order valence-electron chi connectivity index (χ1n) is 7.74. The molecule has 7 heteroatoms. The number of rotatable bonds is 3. The zero-order chi connectivity index (χ0) is 15.7. The van der Waals surface area contributed by atoms with E-state index in [0.29, 0.717) is 31.3 Å². The SMILES string of the molecule is O=C(c1ccn[nH]1)N1CC2(CC(Oc3ccccn3)CCO2)C1. The minimum absolute atomic E-state index is 0.0375. The van der Waals surface area contributed by atoms with Gasteiger partial charge in [0.25, 0.3) is 5.91 Å². The molecule has 1 unspecified atom stereocenters. The summed E-state index contributed by atoms with van der Waals surface area (Å²) in [5.74, 6) is 0.601. The Balaban J connectivity index is 1.36. The predicted molar refractivity (Wildman–Crippen MR) is 81.1 cm³/mol. The number of pyridine rings is 1. The van der Waals surface area contributed by atoms with Crippen LogP contribution in [-0.2, 0) is 4.74 Å². The number of hydrogen-bond donors (Lipinski definition) is 1. The van der Waals surface area contributed by atoms with Crippen LogP contribution in [-0.4, -0.2) is 57.4 Å². The number of likely N-dealkylation sites (tertiary alicyclic amines) is 1. The van der Waals surface area contributed by atoms with Crippen LogP contribution in [0.4, 0.5) is 0 Å². The number of carbonyl (C=O) groups excluding carboxylic acids is 1. The lowest BCUT2D eigenvalue weighted by Gasteiger charge is -2.52. The maximum Gasteiger partial charge on any atom is 0.272 e. The average molecular weight is 314 g/mol. The molecule has 2 aliphatic rings. The molecule has 1 spiro atoms. The molecule has 23 heavy (non-hydrogen) atoms. The summed E-state index contributed by atoms with van der Waals surface area (Å²) in [6.07, 6.45) is 4.99. The summed E-state index contributed by atoms with van der Waals surface area (Å²) in [7, 11) is 0. The Morgan fingerprint density at radius 2 is 2.26 bits per heavy atom. The summed E-state index contributed by atoms with van der Waals surface area (Å²) in [5.41, 5.74) is 0.227. The van der Waals surface area contributed by atoms with Crippen LogP contribution in [0.3, 0.4) is 0 Å². The smallest absolute Gasteiger partial charge is 0.272 e. The molecule has 0 radical (unpaired) electrons. The fourth-order valence-electron chi connectivity index (χ4n) is 3.23. The molecule has 1 N–H and O–H groups in total. The normalized spacial score (nSPS) is 22.6. The second kappa shape index (κ2) is 5.66. The first-order chi connectivity index (χ1) is 11.2. The Kier molecular flexibility index (Phi) is 3.49. The highest BCUT2D eigenvalue weighted by molar-refractivity contribution is 5.92. The molecule has 2 saturated heterocycles. The quantitative estimate of drug-likeness (QED) is 0.922. The molecule has 1 amide bonds. The molecule has 2 aliphatic heterocycles. The number of hydrogen-bond acceptors (Lipinski definition) is 5. The Morgan fingerprint density at radius 1 is 1.35 bits per heavy atom. The van der Waals surface area contributed by atoms with E-state index in [1.807, 2.05) is 18.2 Å². The second-order valence-electron chi connectivity index (χ2n) is 6.06. The second-order valence-corrected chi connectivity index (χ2v) is 6.06. The van der Waals surface area contributed by atoms with Crippen molar-refractivity contribution in [2.24, 2.45) is 0 Å². The van der Waals surface area contributed by atoms with Crippen LogP contribution in [0.5, 0.6) is 5.88 Å². The molecule has 1 atom stereocenters. The molecule has 7 nitrogen and oxygen atoms in total. The largest absolute Gasteiger partial charge is 0.474 e. The average Bonchev–Trinajstić information content (AvgIpc) is 3.07. The Hall–Kier alpha value is -2.41. The van der Waals surface area contributed by atoms with Gasteiger partial charge in [0.2, 0.25) is 5.88 Å². The molecule has 0 aliphatic carbocycles. The van der Waals surface area contributed by atoms with Gasteiger partial charge in [-0.2, -0.15) is 5.10 Å². The van der Waals surface area contributed by atoms with E-state index in [1.165, 1.54) is 0 Å². The van der Waals surface area contributed by atoms with E-state index in [2.05, 4.69) is 15.2 Å². The van der Waals surface area contributed by atoms with Gasteiger partial charge in [-0.25, -0.2) is 4.98 Å². The third-order valence-corrected chi connectivity index (χ3v) is 4.35. The van der Waals surface area contributed by atoms with E-state index in [9.17, 15) is 4.79 Å². The molecule has 0 saturated carbocycles. The fraction of sp³-hybridized carbons (Fsp3) is 0.438. The van der Waals surface area contributed by atoms with Crippen LogP contribution >= 0.6 is 0 Å². The maximum absolute atomic E-state index is 12.2.